The lowest BCUT2D eigenvalue weighted by molar-refractivity contribution is -0.403. The smallest absolute Gasteiger partial charge is 0.253 e. The van der Waals surface area contributed by atoms with E-state index in [1.54, 1.807) is 18.5 Å². The van der Waals surface area contributed by atoms with Crippen LogP contribution in [0.5, 0.6) is 0 Å². The number of nitrogens with zero attached hydrogens (tertiary/aromatic N) is 2. The zero-order chi connectivity index (χ0) is 9.68. The molecule has 68 valence electrons. The summed E-state index contributed by atoms with van der Waals surface area (Å²) in [6.07, 6.45) is 4.42. The molecule has 2 N–H and O–H groups in total. The molecule has 0 fully saturated rings. The molecule has 0 atom stereocenters. The summed E-state index contributed by atoms with van der Waals surface area (Å²) in [6.45, 7) is 0. The van der Waals surface area contributed by atoms with Gasteiger partial charge in [0.1, 0.15) is 0 Å². The van der Waals surface area contributed by atoms with E-state index in [0.717, 1.165) is 11.8 Å². The first kappa shape index (κ1) is 9.18. The highest BCUT2D eigenvalue weighted by Gasteiger charge is 1.98. The van der Waals surface area contributed by atoms with Gasteiger partial charge in [-0.05, 0) is 11.6 Å². The van der Waals surface area contributed by atoms with Gasteiger partial charge in [-0.15, -0.1) is 0 Å². The Hall–Kier alpha value is -1.91. The number of hydrogen-bond acceptors (Lipinski definition) is 4. The van der Waals surface area contributed by atoms with Crippen LogP contribution < -0.4 is 5.73 Å². The molecule has 0 spiro atoms. The second kappa shape index (κ2) is 4.20. The van der Waals surface area contributed by atoms with Crippen LogP contribution in [0.4, 0.5) is 0 Å². The first-order chi connectivity index (χ1) is 6.18. The highest BCUT2D eigenvalue weighted by molar-refractivity contribution is 5.15. The first-order valence-corrected chi connectivity index (χ1v) is 3.67. The second-order valence-corrected chi connectivity index (χ2v) is 2.53. The van der Waals surface area contributed by atoms with Gasteiger partial charge < -0.3 is 5.73 Å². The van der Waals surface area contributed by atoms with Gasteiger partial charge in [-0.3, -0.25) is 15.1 Å². The molecule has 0 bridgehead atoms. The molecule has 0 saturated heterocycles. The van der Waals surface area contributed by atoms with Crippen LogP contribution in [-0.4, -0.2) is 9.91 Å². The fourth-order valence-corrected chi connectivity index (χ4v) is 0.919. The van der Waals surface area contributed by atoms with E-state index in [1.165, 1.54) is 0 Å². The van der Waals surface area contributed by atoms with Gasteiger partial charge in [-0.25, -0.2) is 0 Å². The Morgan fingerprint density at radius 2 is 2.54 bits per heavy atom. The third kappa shape index (κ3) is 3.33. The van der Waals surface area contributed by atoms with Crippen LogP contribution in [0.3, 0.4) is 0 Å². The van der Waals surface area contributed by atoms with E-state index in [4.69, 9.17) is 5.73 Å². The van der Waals surface area contributed by atoms with Crippen molar-refractivity contribution >= 4 is 0 Å². The summed E-state index contributed by atoms with van der Waals surface area (Å²) in [6, 6.07) is 3.57. The van der Waals surface area contributed by atoms with E-state index >= 15 is 0 Å². The largest absolute Gasteiger partial charge is 0.397 e. The quantitative estimate of drug-likeness (QED) is 0.547. The lowest BCUT2D eigenvalue weighted by Crippen LogP contribution is -2.04. The van der Waals surface area contributed by atoms with Gasteiger partial charge in [-0.1, -0.05) is 6.07 Å². The molecule has 1 rings (SSSR count). The van der Waals surface area contributed by atoms with Crippen LogP contribution in [0, 0.1) is 10.1 Å². The van der Waals surface area contributed by atoms with Crippen molar-refractivity contribution in [1.29, 1.82) is 0 Å². The summed E-state index contributed by atoms with van der Waals surface area (Å²) in [4.78, 5) is 13.3. The van der Waals surface area contributed by atoms with Gasteiger partial charge >= 0.3 is 0 Å². The van der Waals surface area contributed by atoms with Gasteiger partial charge in [-0.2, -0.15) is 0 Å². The van der Waals surface area contributed by atoms with Crippen molar-refractivity contribution in [2.45, 2.75) is 6.42 Å². The van der Waals surface area contributed by atoms with Crippen molar-refractivity contribution in [2.24, 2.45) is 5.73 Å². The number of rotatable bonds is 3. The van der Waals surface area contributed by atoms with Crippen molar-refractivity contribution in [1.82, 2.24) is 4.98 Å². The summed E-state index contributed by atoms with van der Waals surface area (Å²) >= 11 is 0. The average molecular weight is 179 g/mol. The standard InChI is InChI=1S/C8H9N3O2/c9-8(6-11(12)13)4-7-2-1-3-10-5-7/h1-3,5-6H,4,9H2. The number of nitrogens with two attached hydrogens (primary N) is 1. The Morgan fingerprint density at radius 1 is 1.77 bits per heavy atom. The Balaban J connectivity index is 2.65. The molecule has 1 aromatic heterocycles. The van der Waals surface area contributed by atoms with E-state index in [-0.39, 0.29) is 5.70 Å². The third-order valence-corrected chi connectivity index (χ3v) is 1.40. The predicted molar refractivity (Wildman–Crippen MR) is 47.2 cm³/mol. The lowest BCUT2D eigenvalue weighted by atomic mass is 10.2. The Bertz CT molecular complexity index is 321. The van der Waals surface area contributed by atoms with Crippen LogP contribution in [0.2, 0.25) is 0 Å². The topological polar surface area (TPSA) is 82.0 Å². The lowest BCUT2D eigenvalue weighted by Gasteiger charge is -1.97. The normalized spacial score (nSPS) is 11.2. The van der Waals surface area contributed by atoms with Crippen LogP contribution in [0.1, 0.15) is 5.56 Å². The van der Waals surface area contributed by atoms with Gasteiger partial charge in [0.15, 0.2) is 0 Å². The van der Waals surface area contributed by atoms with Crippen molar-refractivity contribution in [2.75, 3.05) is 0 Å². The molecule has 0 saturated carbocycles. The molecular formula is C8H9N3O2. The minimum Gasteiger partial charge on any atom is -0.397 e. The predicted octanol–water partition coefficient (Wildman–Crippen LogP) is 0.701. The van der Waals surface area contributed by atoms with E-state index in [2.05, 4.69) is 4.98 Å². The fraction of sp³-hybridized carbons (Fsp3) is 0.125. The van der Waals surface area contributed by atoms with Gasteiger partial charge in [0, 0.05) is 18.8 Å². The molecule has 0 aliphatic heterocycles. The molecule has 13 heavy (non-hydrogen) atoms. The van der Waals surface area contributed by atoms with E-state index in [9.17, 15) is 10.1 Å². The summed E-state index contributed by atoms with van der Waals surface area (Å²) in [5, 5.41) is 10.0. The number of allylic oxidation sites excluding steroid dienone is 1. The molecule has 1 heterocycles. The Kier molecular flexibility index (Phi) is 2.97. The summed E-state index contributed by atoms with van der Waals surface area (Å²) in [5.74, 6) is 0. The minimum absolute atomic E-state index is 0.220. The van der Waals surface area contributed by atoms with Crippen molar-refractivity contribution in [3.05, 3.63) is 52.1 Å². The van der Waals surface area contributed by atoms with E-state index in [1.807, 2.05) is 6.07 Å². The maximum Gasteiger partial charge on any atom is 0.253 e. The molecule has 5 nitrogen and oxygen atoms in total. The van der Waals surface area contributed by atoms with Gasteiger partial charge in [0.25, 0.3) is 6.20 Å². The average Bonchev–Trinajstić information content (AvgIpc) is 2.04. The maximum atomic E-state index is 10.0. The molecule has 0 aromatic carbocycles. The molecule has 5 heteroatoms. The maximum absolute atomic E-state index is 10.0. The molecule has 0 aliphatic rings. The van der Waals surface area contributed by atoms with Gasteiger partial charge in [0.05, 0.1) is 10.6 Å². The highest BCUT2D eigenvalue weighted by Crippen LogP contribution is 2.01. The number of pyridine rings is 1. The summed E-state index contributed by atoms with van der Waals surface area (Å²) in [5.41, 5.74) is 6.48. The third-order valence-electron chi connectivity index (χ3n) is 1.40. The van der Waals surface area contributed by atoms with E-state index < -0.39 is 4.92 Å². The summed E-state index contributed by atoms with van der Waals surface area (Å²) < 4.78 is 0. The van der Waals surface area contributed by atoms with Crippen LogP contribution in [-0.2, 0) is 6.42 Å². The minimum atomic E-state index is -0.564. The van der Waals surface area contributed by atoms with Crippen molar-refractivity contribution < 1.29 is 4.92 Å². The van der Waals surface area contributed by atoms with Crippen molar-refractivity contribution in [3.8, 4) is 0 Å². The molecule has 0 amide bonds. The zero-order valence-corrected chi connectivity index (χ0v) is 6.88. The van der Waals surface area contributed by atoms with Crippen LogP contribution >= 0.6 is 0 Å². The fourth-order valence-electron chi connectivity index (χ4n) is 0.919. The number of nitro groups is 1. The monoisotopic (exact) mass is 179 g/mol. The number of aromatic nitrogens is 1. The molecule has 0 radical (unpaired) electrons. The molecule has 0 unspecified atom stereocenters. The molecular weight excluding hydrogens is 170 g/mol. The first-order valence-electron chi connectivity index (χ1n) is 3.67. The van der Waals surface area contributed by atoms with Crippen LogP contribution in [0.25, 0.3) is 0 Å². The Labute approximate surface area is 75.0 Å². The molecule has 1 aromatic rings. The second-order valence-electron chi connectivity index (χ2n) is 2.53. The Morgan fingerprint density at radius 3 is 3.08 bits per heavy atom. The highest BCUT2D eigenvalue weighted by atomic mass is 16.6. The van der Waals surface area contributed by atoms with E-state index in [0.29, 0.717) is 6.42 Å². The summed E-state index contributed by atoms with van der Waals surface area (Å²) in [7, 11) is 0. The number of hydrogen-bond donors (Lipinski definition) is 1. The zero-order valence-electron chi connectivity index (χ0n) is 6.88. The SMILES string of the molecule is NC(=C[N+](=O)[O-])Cc1cccnc1. The van der Waals surface area contributed by atoms with Crippen molar-refractivity contribution in [3.63, 3.8) is 0 Å². The van der Waals surface area contributed by atoms with Crippen LogP contribution in [0.15, 0.2) is 36.4 Å². The van der Waals surface area contributed by atoms with Gasteiger partial charge in [0.2, 0.25) is 0 Å². The molecule has 0 aliphatic carbocycles.